The average molecular weight is 1130 g/mol. The fourth-order valence-corrected chi connectivity index (χ4v) is 19.4. The van der Waals surface area contributed by atoms with Crippen molar-refractivity contribution in [2.45, 2.75) is 188 Å². The zero-order valence-corrected chi connectivity index (χ0v) is 55.3. The van der Waals surface area contributed by atoms with Crippen molar-refractivity contribution in [3.8, 4) is 0 Å². The highest BCUT2D eigenvalue weighted by Gasteiger charge is 3.04. The van der Waals surface area contributed by atoms with Crippen LogP contribution >= 0.6 is 23.5 Å². The zero-order chi connectivity index (χ0) is 60.6. The first-order chi connectivity index (χ1) is 37.4. The van der Waals surface area contributed by atoms with Gasteiger partial charge in [0.1, 0.15) is 0 Å². The van der Waals surface area contributed by atoms with Crippen molar-refractivity contribution in [2.24, 2.45) is 43.3 Å². The fourth-order valence-electron chi connectivity index (χ4n) is 15.8. The van der Waals surface area contributed by atoms with Gasteiger partial charge in [-0.3, -0.25) is 19.2 Å². The van der Waals surface area contributed by atoms with Gasteiger partial charge < -0.3 is 0 Å². The number of hydrogen-bond acceptors (Lipinski definition) is 6. The third-order valence-electron chi connectivity index (χ3n) is 19.4. The molecule has 2 heterocycles. The van der Waals surface area contributed by atoms with Crippen LogP contribution in [-0.2, 0) is 40.8 Å². The Labute approximate surface area is 499 Å². The van der Waals surface area contributed by atoms with Crippen LogP contribution in [0.25, 0.3) is 0 Å². The van der Waals surface area contributed by atoms with Crippen LogP contribution in [-0.4, -0.2) is 23.1 Å². The fraction of sp³-hybridized carbons (Fsp3) is 0.474. The van der Waals surface area contributed by atoms with E-state index < -0.39 is 65.0 Å². The maximum atomic E-state index is 15.2. The summed E-state index contributed by atoms with van der Waals surface area (Å²) in [4.78, 5) is 65.6. The molecule has 7 aliphatic carbocycles. The van der Waals surface area contributed by atoms with Crippen LogP contribution < -0.4 is 0 Å². The summed E-state index contributed by atoms with van der Waals surface area (Å²) in [6.45, 7) is 51.9. The smallest absolute Gasteiger partial charge is 0.186 e. The molecule has 0 N–H and O–H groups in total. The van der Waals surface area contributed by atoms with Gasteiger partial charge in [0.2, 0.25) is 0 Å². The molecule has 0 bridgehead atoms. The summed E-state index contributed by atoms with van der Waals surface area (Å²) in [5, 5.41) is 0. The third-order valence-corrected chi connectivity index (χ3v) is 22.3. The summed E-state index contributed by atoms with van der Waals surface area (Å²) < 4.78 is 0. The lowest BCUT2D eigenvalue weighted by atomic mass is 9.10. The molecule has 9 aliphatic rings. The summed E-state index contributed by atoms with van der Waals surface area (Å²) in [7, 11) is 0. The lowest BCUT2D eigenvalue weighted by Gasteiger charge is -2.88. The molecule has 11 rings (SSSR count). The van der Waals surface area contributed by atoms with Crippen LogP contribution in [0, 0.1) is 43.3 Å². The second kappa shape index (κ2) is 17.2. The van der Waals surface area contributed by atoms with Gasteiger partial charge in [-0.05, 0) is 136 Å². The topological polar surface area (TPSA) is 68.3 Å². The molecule has 0 atom stereocenters. The number of benzene rings is 2. The predicted octanol–water partition coefficient (Wildman–Crippen LogP) is 19.0. The summed E-state index contributed by atoms with van der Waals surface area (Å²) >= 11 is 3.78. The number of rotatable bonds is 0. The van der Waals surface area contributed by atoms with E-state index in [1.807, 2.05) is 23.5 Å². The molecule has 3 fully saturated rings. The highest BCUT2D eigenvalue weighted by atomic mass is 32.2. The van der Waals surface area contributed by atoms with Crippen molar-refractivity contribution in [1.82, 2.24) is 0 Å². The zero-order valence-electron chi connectivity index (χ0n) is 53.7. The summed E-state index contributed by atoms with van der Waals surface area (Å²) in [6, 6.07) is 18.4. The molecule has 4 nitrogen and oxygen atoms in total. The largest absolute Gasteiger partial charge is 0.289 e. The molecule has 1 saturated carbocycles. The number of ketones is 4. The Morgan fingerprint density at radius 2 is 0.378 bits per heavy atom. The quantitative estimate of drug-likeness (QED) is 0.262. The minimum atomic E-state index is -0.790. The minimum Gasteiger partial charge on any atom is -0.289 e. The van der Waals surface area contributed by atoms with Crippen molar-refractivity contribution in [2.75, 3.05) is 0 Å². The molecule has 428 valence electrons. The molecule has 2 aliphatic heterocycles. The maximum absolute atomic E-state index is 15.2. The van der Waals surface area contributed by atoms with E-state index >= 15 is 19.2 Å². The van der Waals surface area contributed by atoms with E-state index in [1.165, 1.54) is 41.9 Å². The predicted molar refractivity (Wildman–Crippen MR) is 343 cm³/mol. The Morgan fingerprint density at radius 1 is 0.244 bits per heavy atom. The van der Waals surface area contributed by atoms with Crippen LogP contribution in [0.5, 0.6) is 0 Å². The maximum Gasteiger partial charge on any atom is 0.186 e. The summed E-state index contributed by atoms with van der Waals surface area (Å²) in [6.07, 6.45) is 18.0. The molecule has 2 aromatic rings. The molecular weight excluding hydrogens is 1040 g/mol. The minimum absolute atomic E-state index is 0.0904. The normalized spacial score (nSPS) is 27.6. The highest BCUT2D eigenvalue weighted by Crippen LogP contribution is 3.04. The molecule has 0 spiro atoms. The van der Waals surface area contributed by atoms with Gasteiger partial charge in [-0.1, -0.05) is 238 Å². The van der Waals surface area contributed by atoms with Crippen LogP contribution in [0.4, 0.5) is 0 Å². The van der Waals surface area contributed by atoms with Crippen LogP contribution in [0.1, 0.15) is 188 Å². The van der Waals surface area contributed by atoms with E-state index in [-0.39, 0.29) is 23.1 Å². The molecule has 0 radical (unpaired) electrons. The van der Waals surface area contributed by atoms with E-state index in [0.29, 0.717) is 0 Å². The molecule has 2 saturated heterocycles. The lowest BCUT2D eigenvalue weighted by molar-refractivity contribution is -0.115. The Kier molecular flexibility index (Phi) is 12.3. The number of hydrogen-bond donors (Lipinski definition) is 0. The summed E-state index contributed by atoms with van der Waals surface area (Å²) in [5.41, 5.74) is 8.56. The Bertz CT molecular complexity index is 3150. The standard InChI is InChI=1S/C76H88O4S2/c1-65(2,3)49-33-41(34-50(57(49)77)66(4,5)6)61-73-45-29-25-26-30-46(45)74(73,62(81-61)42-35-51(67(7,8)9)58(78)52(36-42)68(10,11)12)76-48-32-28-27-31-47(48)75(73,76)63(43-37-53(69(13,14)15)59(79)54(38-43)70(16,17)18)82-64(76)44-39-55(71(19,20)21)60(80)56(40-44)72(22,23)24/h25-40H,1-24H3. The van der Waals surface area contributed by atoms with Gasteiger partial charge in [-0.25, -0.2) is 0 Å². The second-order valence-corrected chi connectivity index (χ2v) is 35.3. The number of allylic oxidation sites excluding steroid dienone is 24. The van der Waals surface area contributed by atoms with Gasteiger partial charge in [0, 0.05) is 64.2 Å². The SMILES string of the molecule is CC(C)(C)C1=CC(=C2SC(=C3C=C(C(C)(C)C)C(=O)C(C(C)(C)C)=C3)C34c5ccccc5C23C23C(=C5C=C(C(C)(C)C)C(=O)C(C(C)(C)C)=C5)SC(=C5C=C(C(C)(C)C)C(=O)C(C(C)(C)C)=C5)C42c2ccccc23)C=C(C(C)(C)C)C1=O. The molecular formula is C76H88O4S2. The van der Waals surface area contributed by atoms with Crippen molar-refractivity contribution < 1.29 is 19.2 Å². The van der Waals surface area contributed by atoms with Gasteiger partial charge in [0.05, 0.1) is 21.7 Å². The average Bonchev–Trinajstić information content (AvgIpc) is 1.19. The molecule has 0 amide bonds. The number of carbonyl (C=O) groups excluding carboxylic acids is 4. The van der Waals surface area contributed by atoms with Crippen LogP contribution in [0.2, 0.25) is 0 Å². The summed E-state index contributed by atoms with van der Waals surface area (Å²) in [5.74, 6) is 0.362. The third kappa shape index (κ3) is 7.24. The molecule has 2 aromatic carbocycles. The van der Waals surface area contributed by atoms with Crippen molar-refractivity contribution in [3.05, 3.63) is 206 Å². The highest BCUT2D eigenvalue weighted by molar-refractivity contribution is 8.08. The van der Waals surface area contributed by atoms with E-state index in [1.54, 1.807) is 0 Å². The number of Topliss-reactive ketones (excluding diaryl/α,β-unsaturated/α-hetero) is 4. The molecule has 0 aromatic heterocycles. The van der Waals surface area contributed by atoms with Gasteiger partial charge in [-0.15, -0.1) is 0 Å². The van der Waals surface area contributed by atoms with E-state index in [0.717, 1.165) is 66.9 Å². The van der Waals surface area contributed by atoms with Crippen LogP contribution in [0.15, 0.2) is 184 Å². The molecule has 0 unspecified atom stereocenters. The first-order valence-electron chi connectivity index (χ1n) is 29.9. The van der Waals surface area contributed by atoms with E-state index in [2.05, 4.69) is 263 Å². The van der Waals surface area contributed by atoms with Gasteiger partial charge >= 0.3 is 0 Å². The van der Waals surface area contributed by atoms with Crippen molar-refractivity contribution in [1.29, 1.82) is 0 Å². The monoisotopic (exact) mass is 1130 g/mol. The van der Waals surface area contributed by atoms with Gasteiger partial charge in [0.25, 0.3) is 0 Å². The van der Waals surface area contributed by atoms with Crippen molar-refractivity contribution >= 4 is 46.7 Å². The lowest BCUT2D eigenvalue weighted by Crippen LogP contribution is -2.94. The molecule has 6 heteroatoms. The van der Waals surface area contributed by atoms with E-state index in [9.17, 15) is 0 Å². The number of thioether (sulfide) groups is 2. The first-order valence-corrected chi connectivity index (χ1v) is 31.5. The Hall–Kier alpha value is -5.30. The number of fused-ring (bicyclic) bond motifs is 2. The van der Waals surface area contributed by atoms with Crippen LogP contribution in [0.3, 0.4) is 0 Å². The van der Waals surface area contributed by atoms with Crippen molar-refractivity contribution in [3.63, 3.8) is 0 Å². The number of carbonyl (C=O) groups is 4. The first kappa shape index (κ1) is 58.5. The van der Waals surface area contributed by atoms with E-state index in [4.69, 9.17) is 0 Å². The van der Waals surface area contributed by atoms with Gasteiger partial charge in [-0.2, -0.15) is 0 Å². The Morgan fingerprint density at radius 3 is 0.500 bits per heavy atom. The second-order valence-electron chi connectivity index (χ2n) is 33.2. The molecule has 82 heavy (non-hydrogen) atoms. The van der Waals surface area contributed by atoms with Gasteiger partial charge in [0.15, 0.2) is 23.1 Å². The Balaban J connectivity index is 1.48.